The zero-order valence-corrected chi connectivity index (χ0v) is 10.5. The Morgan fingerprint density at radius 1 is 1.17 bits per heavy atom. The summed E-state index contributed by atoms with van der Waals surface area (Å²) in [7, 11) is 0. The van der Waals surface area contributed by atoms with Crippen LogP contribution in [0.4, 0.5) is 0 Å². The molecule has 3 heteroatoms. The van der Waals surface area contributed by atoms with Gasteiger partial charge in [0.1, 0.15) is 12.4 Å². The maximum absolute atomic E-state index is 5.79. The quantitative estimate of drug-likeness (QED) is 0.876. The van der Waals surface area contributed by atoms with Crippen LogP contribution in [0.5, 0.6) is 5.75 Å². The van der Waals surface area contributed by atoms with Gasteiger partial charge in [0.2, 0.25) is 0 Å². The summed E-state index contributed by atoms with van der Waals surface area (Å²) in [5, 5.41) is 0. The molecule has 3 nitrogen and oxygen atoms in total. The van der Waals surface area contributed by atoms with Gasteiger partial charge in [0.25, 0.3) is 0 Å². The van der Waals surface area contributed by atoms with Crippen molar-refractivity contribution in [2.24, 2.45) is 5.73 Å². The van der Waals surface area contributed by atoms with E-state index in [2.05, 4.69) is 11.1 Å². The van der Waals surface area contributed by atoms with Crippen molar-refractivity contribution in [3.05, 3.63) is 59.9 Å². The van der Waals surface area contributed by atoms with E-state index in [0.29, 0.717) is 6.61 Å². The zero-order valence-electron chi connectivity index (χ0n) is 10.5. The van der Waals surface area contributed by atoms with Crippen molar-refractivity contribution < 1.29 is 4.74 Å². The van der Waals surface area contributed by atoms with Crippen molar-refractivity contribution in [2.45, 2.75) is 26.0 Å². The van der Waals surface area contributed by atoms with Crippen molar-refractivity contribution in [2.75, 3.05) is 0 Å². The fourth-order valence-electron chi connectivity index (χ4n) is 1.78. The van der Waals surface area contributed by atoms with E-state index < -0.39 is 0 Å². The van der Waals surface area contributed by atoms with Gasteiger partial charge in [-0.05, 0) is 48.7 Å². The van der Waals surface area contributed by atoms with Gasteiger partial charge in [-0.3, -0.25) is 4.98 Å². The van der Waals surface area contributed by atoms with E-state index in [-0.39, 0.29) is 6.04 Å². The van der Waals surface area contributed by atoms with Crippen LogP contribution in [0.25, 0.3) is 0 Å². The molecule has 0 radical (unpaired) electrons. The molecule has 2 aromatic rings. The van der Waals surface area contributed by atoms with Crippen molar-refractivity contribution in [3.8, 4) is 5.75 Å². The summed E-state index contributed by atoms with van der Waals surface area (Å²) in [6, 6.07) is 12.1. The van der Waals surface area contributed by atoms with E-state index in [1.165, 1.54) is 5.56 Å². The highest BCUT2D eigenvalue weighted by Crippen LogP contribution is 2.16. The molecule has 18 heavy (non-hydrogen) atoms. The maximum atomic E-state index is 5.79. The number of pyridine rings is 1. The molecule has 0 spiro atoms. The van der Waals surface area contributed by atoms with Gasteiger partial charge in [0.15, 0.2) is 0 Å². The molecule has 0 saturated heterocycles. The van der Waals surface area contributed by atoms with Crippen LogP contribution in [0.1, 0.15) is 18.1 Å². The van der Waals surface area contributed by atoms with E-state index in [4.69, 9.17) is 10.5 Å². The van der Waals surface area contributed by atoms with Crippen LogP contribution in [0, 0.1) is 0 Å². The van der Waals surface area contributed by atoms with Crippen LogP contribution < -0.4 is 10.5 Å². The van der Waals surface area contributed by atoms with Crippen molar-refractivity contribution >= 4 is 0 Å². The third-order valence-electron chi connectivity index (χ3n) is 2.61. The molecule has 1 unspecified atom stereocenters. The largest absolute Gasteiger partial charge is 0.489 e. The average molecular weight is 242 g/mol. The smallest absolute Gasteiger partial charge is 0.120 e. The Morgan fingerprint density at radius 3 is 2.67 bits per heavy atom. The summed E-state index contributed by atoms with van der Waals surface area (Å²) in [6.07, 6.45) is 4.41. The topological polar surface area (TPSA) is 48.1 Å². The first kappa shape index (κ1) is 12.6. The minimum Gasteiger partial charge on any atom is -0.489 e. The number of rotatable bonds is 5. The molecule has 0 bridgehead atoms. The van der Waals surface area contributed by atoms with Crippen LogP contribution in [-0.2, 0) is 13.0 Å². The van der Waals surface area contributed by atoms with Crippen LogP contribution in [0.3, 0.4) is 0 Å². The average Bonchev–Trinajstić information content (AvgIpc) is 2.37. The van der Waals surface area contributed by atoms with Crippen LogP contribution >= 0.6 is 0 Å². The lowest BCUT2D eigenvalue weighted by molar-refractivity contribution is 0.305. The molecule has 1 aromatic heterocycles. The normalized spacial score (nSPS) is 12.1. The molecule has 0 saturated carbocycles. The molecule has 1 heterocycles. The zero-order chi connectivity index (χ0) is 12.8. The van der Waals surface area contributed by atoms with E-state index in [1.54, 1.807) is 12.4 Å². The minimum atomic E-state index is 0.167. The first-order chi connectivity index (χ1) is 8.74. The third kappa shape index (κ3) is 3.86. The molecular formula is C15H18N2O. The number of benzene rings is 1. The second-order valence-corrected chi connectivity index (χ2v) is 4.47. The van der Waals surface area contributed by atoms with Gasteiger partial charge in [0, 0.05) is 18.4 Å². The van der Waals surface area contributed by atoms with Gasteiger partial charge in [-0.15, -0.1) is 0 Å². The van der Waals surface area contributed by atoms with Crippen LogP contribution in [-0.4, -0.2) is 11.0 Å². The molecule has 0 fully saturated rings. The Balaban J connectivity index is 1.97. The summed E-state index contributed by atoms with van der Waals surface area (Å²) in [5.41, 5.74) is 8.11. The van der Waals surface area contributed by atoms with Gasteiger partial charge in [-0.1, -0.05) is 12.1 Å². The summed E-state index contributed by atoms with van der Waals surface area (Å²) in [5.74, 6) is 0.880. The number of hydrogen-bond donors (Lipinski definition) is 1. The number of aromatic nitrogens is 1. The molecule has 2 N–H and O–H groups in total. The second-order valence-electron chi connectivity index (χ2n) is 4.47. The van der Waals surface area contributed by atoms with Gasteiger partial charge in [-0.25, -0.2) is 0 Å². The van der Waals surface area contributed by atoms with Crippen molar-refractivity contribution in [1.29, 1.82) is 0 Å². The number of nitrogens with two attached hydrogens (primary N) is 1. The number of hydrogen-bond acceptors (Lipinski definition) is 3. The lowest BCUT2D eigenvalue weighted by Crippen LogP contribution is -2.17. The summed E-state index contributed by atoms with van der Waals surface area (Å²) >= 11 is 0. The lowest BCUT2D eigenvalue weighted by atomic mass is 10.1. The standard InChI is InChI=1S/C15H18N2O/c1-12(16)9-14-3-2-4-15(10-14)18-11-13-5-7-17-8-6-13/h2-8,10,12H,9,11,16H2,1H3. The van der Waals surface area contributed by atoms with E-state index in [9.17, 15) is 0 Å². The molecule has 2 rings (SSSR count). The third-order valence-corrected chi connectivity index (χ3v) is 2.61. The van der Waals surface area contributed by atoms with Crippen molar-refractivity contribution in [1.82, 2.24) is 4.98 Å². The molecule has 0 aliphatic rings. The van der Waals surface area contributed by atoms with Crippen molar-refractivity contribution in [3.63, 3.8) is 0 Å². The molecule has 94 valence electrons. The Hall–Kier alpha value is -1.87. The van der Waals surface area contributed by atoms with E-state index in [1.807, 2.05) is 37.3 Å². The first-order valence-electron chi connectivity index (χ1n) is 6.10. The number of ether oxygens (including phenoxy) is 1. The Labute approximate surface area is 108 Å². The SMILES string of the molecule is CC(N)Cc1cccc(OCc2ccncc2)c1. The molecule has 0 aliphatic heterocycles. The van der Waals surface area contributed by atoms with E-state index >= 15 is 0 Å². The molecular weight excluding hydrogens is 224 g/mol. The first-order valence-corrected chi connectivity index (χ1v) is 6.10. The predicted octanol–water partition coefficient (Wildman–Crippen LogP) is 2.55. The molecule has 1 atom stereocenters. The highest BCUT2D eigenvalue weighted by atomic mass is 16.5. The number of nitrogens with zero attached hydrogens (tertiary/aromatic N) is 1. The van der Waals surface area contributed by atoms with Gasteiger partial charge < -0.3 is 10.5 Å². The molecule has 0 aliphatic carbocycles. The Morgan fingerprint density at radius 2 is 1.94 bits per heavy atom. The monoisotopic (exact) mass is 242 g/mol. The maximum Gasteiger partial charge on any atom is 0.120 e. The van der Waals surface area contributed by atoms with Gasteiger partial charge in [0.05, 0.1) is 0 Å². The predicted molar refractivity (Wildman–Crippen MR) is 72.4 cm³/mol. The van der Waals surface area contributed by atoms with Gasteiger partial charge in [-0.2, -0.15) is 0 Å². The summed E-state index contributed by atoms with van der Waals surface area (Å²) in [6.45, 7) is 2.56. The molecule has 0 amide bonds. The second kappa shape index (κ2) is 6.17. The highest BCUT2D eigenvalue weighted by molar-refractivity contribution is 5.29. The fraction of sp³-hybridized carbons (Fsp3) is 0.267. The summed E-state index contributed by atoms with van der Waals surface area (Å²) < 4.78 is 5.75. The van der Waals surface area contributed by atoms with Crippen LogP contribution in [0.2, 0.25) is 0 Å². The lowest BCUT2D eigenvalue weighted by Gasteiger charge is -2.09. The van der Waals surface area contributed by atoms with E-state index in [0.717, 1.165) is 17.7 Å². The van der Waals surface area contributed by atoms with Crippen LogP contribution in [0.15, 0.2) is 48.8 Å². The summed E-state index contributed by atoms with van der Waals surface area (Å²) in [4.78, 5) is 3.98. The Kier molecular flexibility index (Phi) is 4.31. The fourth-order valence-corrected chi connectivity index (χ4v) is 1.78. The Bertz CT molecular complexity index is 483. The highest BCUT2D eigenvalue weighted by Gasteiger charge is 2.00. The minimum absolute atomic E-state index is 0.167. The van der Waals surface area contributed by atoms with Gasteiger partial charge >= 0.3 is 0 Å². The molecule has 1 aromatic carbocycles.